The van der Waals surface area contributed by atoms with Crippen molar-refractivity contribution in [1.82, 2.24) is 0 Å². The van der Waals surface area contributed by atoms with E-state index in [4.69, 9.17) is 0 Å². The van der Waals surface area contributed by atoms with Gasteiger partial charge in [-0.3, -0.25) is 9.03 Å². The lowest BCUT2D eigenvalue weighted by molar-refractivity contribution is 0.585. The molecule has 0 fully saturated rings. The van der Waals surface area contributed by atoms with Gasteiger partial charge in [0.05, 0.1) is 15.5 Å². The molecule has 0 radical (unpaired) electrons. The van der Waals surface area contributed by atoms with E-state index in [-0.39, 0.29) is 16.3 Å². The highest BCUT2D eigenvalue weighted by Gasteiger charge is 2.29. The van der Waals surface area contributed by atoms with Crippen LogP contribution in [0.4, 0.5) is 15.8 Å². The standard InChI is InChI=1S/C25H21FN2O4S2/c26-20-10-13-22(14-11-20)34(31,32)28-16-4-7-19-17-21(12-15-24(19)28)27-33(29,30)25-9-3-6-18-5-1-2-8-23(18)25/h1-3,5-6,8-15,17,27H,4,7,16H2. The molecule has 34 heavy (non-hydrogen) atoms. The SMILES string of the molecule is O=S(=O)(Nc1ccc2c(c1)CCCN2S(=O)(=O)c1ccc(F)cc1)c1cccc2ccccc12. The Hall–Kier alpha value is -3.43. The molecule has 0 aromatic heterocycles. The summed E-state index contributed by atoms with van der Waals surface area (Å²) >= 11 is 0. The van der Waals surface area contributed by atoms with Crippen molar-refractivity contribution in [2.24, 2.45) is 0 Å². The number of sulfonamides is 2. The van der Waals surface area contributed by atoms with Crippen molar-refractivity contribution in [2.45, 2.75) is 22.6 Å². The van der Waals surface area contributed by atoms with Gasteiger partial charge in [0.15, 0.2) is 0 Å². The highest BCUT2D eigenvalue weighted by molar-refractivity contribution is 7.93. The molecule has 4 aromatic rings. The molecule has 0 bridgehead atoms. The molecule has 1 heterocycles. The lowest BCUT2D eigenvalue weighted by Crippen LogP contribution is -2.35. The van der Waals surface area contributed by atoms with E-state index in [1.165, 1.54) is 16.4 Å². The summed E-state index contributed by atoms with van der Waals surface area (Å²) in [4.78, 5) is 0.173. The first kappa shape index (κ1) is 22.4. The zero-order valence-electron chi connectivity index (χ0n) is 18.0. The van der Waals surface area contributed by atoms with Crippen molar-refractivity contribution in [3.63, 3.8) is 0 Å². The average molecular weight is 497 g/mol. The molecule has 1 N–H and O–H groups in total. The summed E-state index contributed by atoms with van der Waals surface area (Å²) in [6, 6.07) is 21.9. The smallest absolute Gasteiger partial charge is 0.264 e. The Kier molecular flexibility index (Phi) is 5.53. The quantitative estimate of drug-likeness (QED) is 0.425. The minimum Gasteiger partial charge on any atom is -0.280 e. The van der Waals surface area contributed by atoms with Crippen LogP contribution >= 0.6 is 0 Å². The van der Waals surface area contributed by atoms with E-state index < -0.39 is 25.9 Å². The first-order valence-electron chi connectivity index (χ1n) is 10.7. The maximum atomic E-state index is 13.3. The molecule has 0 saturated carbocycles. The van der Waals surface area contributed by atoms with Crippen LogP contribution < -0.4 is 9.03 Å². The molecular weight excluding hydrogens is 475 g/mol. The van der Waals surface area contributed by atoms with Crippen molar-refractivity contribution in [3.8, 4) is 0 Å². The maximum Gasteiger partial charge on any atom is 0.264 e. The summed E-state index contributed by atoms with van der Waals surface area (Å²) in [7, 11) is -7.75. The van der Waals surface area contributed by atoms with Crippen LogP contribution in [-0.4, -0.2) is 23.4 Å². The largest absolute Gasteiger partial charge is 0.280 e. The molecule has 1 aliphatic heterocycles. The lowest BCUT2D eigenvalue weighted by atomic mass is 10.0. The van der Waals surface area contributed by atoms with Gasteiger partial charge in [-0.25, -0.2) is 21.2 Å². The number of anilines is 2. The third-order valence-electron chi connectivity index (χ3n) is 5.85. The number of nitrogens with zero attached hydrogens (tertiary/aromatic N) is 1. The monoisotopic (exact) mass is 496 g/mol. The minimum absolute atomic E-state index is 0.00230. The second-order valence-corrected chi connectivity index (χ2v) is 11.6. The van der Waals surface area contributed by atoms with Crippen molar-refractivity contribution in [1.29, 1.82) is 0 Å². The number of fused-ring (bicyclic) bond motifs is 2. The Bertz CT molecular complexity index is 1600. The normalized spacial score (nSPS) is 14.1. The maximum absolute atomic E-state index is 13.3. The molecule has 5 rings (SSSR count). The highest BCUT2D eigenvalue weighted by atomic mass is 32.2. The molecule has 0 spiro atoms. The van der Waals surface area contributed by atoms with Gasteiger partial charge in [0.1, 0.15) is 5.82 Å². The summed E-state index contributed by atoms with van der Waals surface area (Å²) in [5.41, 5.74) is 1.56. The van der Waals surface area contributed by atoms with Crippen LogP contribution in [0.2, 0.25) is 0 Å². The first-order valence-corrected chi connectivity index (χ1v) is 13.6. The molecule has 0 atom stereocenters. The van der Waals surface area contributed by atoms with Crippen LogP contribution in [0.3, 0.4) is 0 Å². The molecule has 174 valence electrons. The molecule has 0 saturated heterocycles. The van der Waals surface area contributed by atoms with Gasteiger partial charge in [-0.2, -0.15) is 0 Å². The van der Waals surface area contributed by atoms with Crippen LogP contribution in [-0.2, 0) is 26.5 Å². The lowest BCUT2D eigenvalue weighted by Gasteiger charge is -2.31. The predicted molar refractivity (Wildman–Crippen MR) is 130 cm³/mol. The van der Waals surface area contributed by atoms with Gasteiger partial charge < -0.3 is 0 Å². The Labute approximate surface area is 197 Å². The average Bonchev–Trinajstić information content (AvgIpc) is 2.83. The first-order chi connectivity index (χ1) is 16.3. The number of aryl methyl sites for hydroxylation is 1. The highest BCUT2D eigenvalue weighted by Crippen LogP contribution is 2.34. The summed E-state index contributed by atoms with van der Waals surface area (Å²) in [6.45, 7) is 0.286. The fourth-order valence-electron chi connectivity index (χ4n) is 4.25. The van der Waals surface area contributed by atoms with E-state index in [9.17, 15) is 21.2 Å². The van der Waals surface area contributed by atoms with Crippen LogP contribution in [0, 0.1) is 5.82 Å². The van der Waals surface area contributed by atoms with Gasteiger partial charge in [-0.05, 0) is 72.3 Å². The number of hydrogen-bond acceptors (Lipinski definition) is 4. The van der Waals surface area contributed by atoms with Crippen molar-refractivity contribution in [3.05, 3.63) is 96.3 Å². The zero-order valence-corrected chi connectivity index (χ0v) is 19.6. The third-order valence-corrected chi connectivity index (χ3v) is 9.12. The van der Waals surface area contributed by atoms with E-state index in [2.05, 4.69) is 4.72 Å². The molecule has 0 aliphatic carbocycles. The molecule has 1 aliphatic rings. The summed E-state index contributed by atoms with van der Waals surface area (Å²) in [5, 5.41) is 1.43. The Morgan fingerprint density at radius 2 is 1.56 bits per heavy atom. The Balaban J connectivity index is 1.48. The van der Waals surface area contributed by atoms with Crippen LogP contribution in [0.15, 0.2) is 94.7 Å². The minimum atomic E-state index is -3.88. The molecule has 0 amide bonds. The number of hydrogen-bond donors (Lipinski definition) is 1. The zero-order chi connectivity index (χ0) is 23.9. The van der Waals surface area contributed by atoms with E-state index in [1.807, 2.05) is 18.2 Å². The number of rotatable bonds is 5. The summed E-state index contributed by atoms with van der Waals surface area (Å²) in [5.74, 6) is -0.513. The number of nitrogens with one attached hydrogen (secondary N) is 1. The second-order valence-electron chi connectivity index (χ2n) is 8.06. The Morgan fingerprint density at radius 3 is 2.35 bits per heavy atom. The molecule has 9 heteroatoms. The van der Waals surface area contributed by atoms with Crippen LogP contribution in [0.25, 0.3) is 10.8 Å². The fraction of sp³-hybridized carbons (Fsp3) is 0.120. The van der Waals surface area contributed by atoms with Gasteiger partial charge in [0.25, 0.3) is 20.0 Å². The molecule has 6 nitrogen and oxygen atoms in total. The van der Waals surface area contributed by atoms with Gasteiger partial charge >= 0.3 is 0 Å². The predicted octanol–water partition coefficient (Wildman–Crippen LogP) is 4.92. The number of benzene rings is 4. The summed E-state index contributed by atoms with van der Waals surface area (Å²) < 4.78 is 69.9. The van der Waals surface area contributed by atoms with Crippen LogP contribution in [0.1, 0.15) is 12.0 Å². The van der Waals surface area contributed by atoms with Crippen molar-refractivity contribution >= 4 is 42.2 Å². The fourth-order valence-corrected chi connectivity index (χ4v) is 7.07. The van der Waals surface area contributed by atoms with E-state index in [0.717, 1.165) is 23.1 Å². The molecule has 0 unspecified atom stereocenters. The van der Waals surface area contributed by atoms with Crippen molar-refractivity contribution in [2.75, 3.05) is 15.6 Å². The third kappa shape index (κ3) is 4.01. The van der Waals surface area contributed by atoms with Crippen LogP contribution in [0.5, 0.6) is 0 Å². The van der Waals surface area contributed by atoms with Gasteiger partial charge in [-0.1, -0.05) is 36.4 Å². The summed E-state index contributed by atoms with van der Waals surface area (Å²) in [6.07, 6.45) is 1.18. The Morgan fingerprint density at radius 1 is 0.824 bits per heavy atom. The van der Waals surface area contributed by atoms with E-state index >= 15 is 0 Å². The topological polar surface area (TPSA) is 83.6 Å². The van der Waals surface area contributed by atoms with Crippen molar-refractivity contribution < 1.29 is 21.2 Å². The number of halogens is 1. The van der Waals surface area contributed by atoms with E-state index in [1.54, 1.807) is 42.5 Å². The van der Waals surface area contributed by atoms with Gasteiger partial charge in [-0.15, -0.1) is 0 Å². The van der Waals surface area contributed by atoms with Gasteiger partial charge in [0.2, 0.25) is 0 Å². The van der Waals surface area contributed by atoms with E-state index in [0.29, 0.717) is 29.6 Å². The molecular formula is C25H21FN2O4S2. The second kappa shape index (κ2) is 8.41. The molecule has 4 aromatic carbocycles. The van der Waals surface area contributed by atoms with Gasteiger partial charge in [0, 0.05) is 17.6 Å².